The molecule has 0 spiro atoms. The van der Waals surface area contributed by atoms with Crippen LogP contribution in [0.3, 0.4) is 0 Å². The van der Waals surface area contributed by atoms with E-state index in [2.05, 4.69) is 25.1 Å². The van der Waals surface area contributed by atoms with Gasteiger partial charge in [-0.3, -0.25) is 5.10 Å². The van der Waals surface area contributed by atoms with Gasteiger partial charge in [0.15, 0.2) is 5.65 Å². The highest BCUT2D eigenvalue weighted by Crippen LogP contribution is 2.27. The van der Waals surface area contributed by atoms with Gasteiger partial charge in [-0.25, -0.2) is 0 Å². The van der Waals surface area contributed by atoms with Gasteiger partial charge in [0.1, 0.15) is 5.82 Å². The number of aromatic nitrogens is 4. The summed E-state index contributed by atoms with van der Waals surface area (Å²) in [6, 6.07) is 0. The van der Waals surface area contributed by atoms with Crippen LogP contribution in [0.4, 0.5) is 5.82 Å². The van der Waals surface area contributed by atoms with E-state index in [9.17, 15) is 0 Å². The summed E-state index contributed by atoms with van der Waals surface area (Å²) in [7, 11) is 0. The summed E-state index contributed by atoms with van der Waals surface area (Å²) in [5, 5.41) is 16.7. The molecule has 1 saturated heterocycles. The number of aromatic amines is 1. The minimum absolute atomic E-state index is 0.0668. The molecule has 7 nitrogen and oxygen atoms in total. The minimum Gasteiger partial charge on any atom is -0.394 e. The van der Waals surface area contributed by atoms with E-state index in [4.69, 9.17) is 21.4 Å². The van der Waals surface area contributed by atoms with E-state index >= 15 is 0 Å². The molecule has 3 heterocycles. The first-order valence-electron chi connectivity index (χ1n) is 6.62. The number of H-pyrrole nitrogens is 1. The minimum atomic E-state index is 0.0668. The van der Waals surface area contributed by atoms with Crippen molar-refractivity contribution in [1.29, 1.82) is 0 Å². The molecule has 0 aliphatic carbocycles. The molecule has 0 unspecified atom stereocenters. The number of halogens is 1. The molecular weight excluding hydrogens is 282 g/mol. The fraction of sp³-hybridized carbons (Fsp3) is 0.583. The van der Waals surface area contributed by atoms with Crippen molar-refractivity contribution >= 4 is 28.5 Å². The van der Waals surface area contributed by atoms with Crippen molar-refractivity contribution in [2.45, 2.75) is 18.9 Å². The average Bonchev–Trinajstić information content (AvgIpc) is 2.93. The van der Waals surface area contributed by atoms with E-state index in [-0.39, 0.29) is 18.0 Å². The number of hydrogen-bond acceptors (Lipinski definition) is 6. The highest BCUT2D eigenvalue weighted by Gasteiger charge is 2.23. The number of nitrogens with one attached hydrogen (secondary N) is 1. The molecule has 2 N–H and O–H groups in total. The molecule has 0 atom stereocenters. The van der Waals surface area contributed by atoms with Crippen LogP contribution in [-0.4, -0.2) is 57.7 Å². The normalized spacial score (nSPS) is 17.0. The number of hydrogen-bond donors (Lipinski definition) is 2. The first-order chi connectivity index (χ1) is 9.78. The lowest BCUT2D eigenvalue weighted by Crippen LogP contribution is -2.38. The Morgan fingerprint density at radius 1 is 1.40 bits per heavy atom. The molecule has 108 valence electrons. The SMILES string of the molecule is OCCOC1CCN(c2nc(Cl)nc3[nH]ncc23)CC1. The fourth-order valence-corrected chi connectivity index (χ4v) is 2.65. The summed E-state index contributed by atoms with van der Waals surface area (Å²) in [4.78, 5) is 10.6. The van der Waals surface area contributed by atoms with E-state index in [1.165, 1.54) is 0 Å². The molecule has 2 aromatic heterocycles. The van der Waals surface area contributed by atoms with E-state index in [1.807, 2.05) is 0 Å². The van der Waals surface area contributed by atoms with Crippen molar-refractivity contribution in [3.8, 4) is 0 Å². The Kier molecular flexibility index (Phi) is 4.00. The molecule has 8 heteroatoms. The molecule has 0 radical (unpaired) electrons. The van der Waals surface area contributed by atoms with Gasteiger partial charge >= 0.3 is 0 Å². The summed E-state index contributed by atoms with van der Waals surface area (Å²) < 4.78 is 5.56. The Bertz CT molecular complexity index is 582. The highest BCUT2D eigenvalue weighted by atomic mass is 35.5. The van der Waals surface area contributed by atoms with Crippen molar-refractivity contribution < 1.29 is 9.84 Å². The van der Waals surface area contributed by atoms with E-state index < -0.39 is 0 Å². The van der Waals surface area contributed by atoms with Gasteiger partial charge in [-0.15, -0.1) is 0 Å². The molecule has 20 heavy (non-hydrogen) atoms. The van der Waals surface area contributed by atoms with Crippen LogP contribution in [0.25, 0.3) is 11.0 Å². The molecular formula is C12H16ClN5O2. The highest BCUT2D eigenvalue weighted by molar-refractivity contribution is 6.28. The maximum Gasteiger partial charge on any atom is 0.226 e. The molecule has 0 saturated carbocycles. The summed E-state index contributed by atoms with van der Waals surface area (Å²) in [5.74, 6) is 0.814. The maximum absolute atomic E-state index is 8.77. The predicted molar refractivity (Wildman–Crippen MR) is 75.0 cm³/mol. The smallest absolute Gasteiger partial charge is 0.226 e. The van der Waals surface area contributed by atoms with Crippen LogP contribution in [0.2, 0.25) is 5.28 Å². The standard InChI is InChI=1S/C12H16ClN5O2/c13-12-15-10-9(7-14-17-10)11(16-12)18-3-1-8(2-4-18)20-6-5-19/h7-8,19H,1-6H2,(H,14,15,16,17). The third kappa shape index (κ3) is 2.70. The first-order valence-corrected chi connectivity index (χ1v) is 7.00. The largest absolute Gasteiger partial charge is 0.394 e. The molecule has 0 bridgehead atoms. The number of aliphatic hydroxyl groups is 1. The lowest BCUT2D eigenvalue weighted by atomic mass is 10.1. The second-order valence-corrected chi connectivity index (χ2v) is 5.07. The molecule has 0 aromatic carbocycles. The van der Waals surface area contributed by atoms with Crippen LogP contribution in [0.5, 0.6) is 0 Å². The third-order valence-corrected chi connectivity index (χ3v) is 3.62. The Balaban J connectivity index is 1.75. The monoisotopic (exact) mass is 297 g/mol. The molecule has 0 amide bonds. The van der Waals surface area contributed by atoms with Crippen LogP contribution in [0.15, 0.2) is 6.20 Å². The van der Waals surface area contributed by atoms with E-state index in [0.717, 1.165) is 37.1 Å². The third-order valence-electron chi connectivity index (χ3n) is 3.45. The molecule has 1 aliphatic rings. The molecule has 3 rings (SSSR count). The molecule has 1 aliphatic heterocycles. The number of fused-ring (bicyclic) bond motifs is 1. The number of rotatable bonds is 4. The lowest BCUT2D eigenvalue weighted by Gasteiger charge is -2.32. The Morgan fingerprint density at radius 2 is 2.20 bits per heavy atom. The van der Waals surface area contributed by atoms with Crippen LogP contribution in [-0.2, 0) is 4.74 Å². The first kappa shape index (κ1) is 13.5. The summed E-state index contributed by atoms with van der Waals surface area (Å²) in [5.41, 5.74) is 0.652. The summed E-state index contributed by atoms with van der Waals surface area (Å²) in [6.45, 7) is 2.14. The average molecular weight is 298 g/mol. The van der Waals surface area contributed by atoms with Gasteiger partial charge in [0, 0.05) is 13.1 Å². The van der Waals surface area contributed by atoms with Gasteiger partial charge < -0.3 is 14.7 Å². The number of anilines is 1. The van der Waals surface area contributed by atoms with E-state index in [0.29, 0.717) is 12.3 Å². The number of piperidine rings is 1. The van der Waals surface area contributed by atoms with Gasteiger partial charge in [0.05, 0.1) is 30.9 Å². The maximum atomic E-state index is 8.77. The van der Waals surface area contributed by atoms with Gasteiger partial charge in [0.25, 0.3) is 0 Å². The topological polar surface area (TPSA) is 87.2 Å². The number of aliphatic hydroxyl groups excluding tert-OH is 1. The Morgan fingerprint density at radius 3 is 2.95 bits per heavy atom. The van der Waals surface area contributed by atoms with Crippen molar-refractivity contribution in [2.24, 2.45) is 0 Å². The fourth-order valence-electron chi connectivity index (χ4n) is 2.49. The number of nitrogens with zero attached hydrogens (tertiary/aromatic N) is 4. The second kappa shape index (κ2) is 5.90. The second-order valence-electron chi connectivity index (χ2n) is 4.73. The zero-order valence-electron chi connectivity index (χ0n) is 10.9. The van der Waals surface area contributed by atoms with Crippen LogP contribution >= 0.6 is 11.6 Å². The Hall–Kier alpha value is -1.44. The zero-order valence-corrected chi connectivity index (χ0v) is 11.7. The molecule has 1 fully saturated rings. The van der Waals surface area contributed by atoms with Crippen molar-refractivity contribution in [1.82, 2.24) is 20.2 Å². The van der Waals surface area contributed by atoms with Gasteiger partial charge in [-0.2, -0.15) is 15.1 Å². The Labute approximate surface area is 120 Å². The van der Waals surface area contributed by atoms with Crippen LogP contribution in [0.1, 0.15) is 12.8 Å². The van der Waals surface area contributed by atoms with Crippen molar-refractivity contribution in [3.05, 3.63) is 11.5 Å². The quantitative estimate of drug-likeness (QED) is 0.818. The van der Waals surface area contributed by atoms with E-state index in [1.54, 1.807) is 6.20 Å². The summed E-state index contributed by atoms with van der Waals surface area (Å²) in [6.07, 6.45) is 3.73. The van der Waals surface area contributed by atoms with Gasteiger partial charge in [-0.1, -0.05) is 0 Å². The zero-order chi connectivity index (χ0) is 13.9. The lowest BCUT2D eigenvalue weighted by molar-refractivity contribution is 0.0158. The molecule has 2 aromatic rings. The summed E-state index contributed by atoms with van der Waals surface area (Å²) >= 11 is 5.95. The van der Waals surface area contributed by atoms with Crippen molar-refractivity contribution in [3.63, 3.8) is 0 Å². The van der Waals surface area contributed by atoms with Crippen molar-refractivity contribution in [2.75, 3.05) is 31.2 Å². The number of ether oxygens (including phenoxy) is 1. The van der Waals surface area contributed by atoms with Gasteiger partial charge in [0.2, 0.25) is 5.28 Å². The van der Waals surface area contributed by atoms with Crippen LogP contribution < -0.4 is 4.90 Å². The van der Waals surface area contributed by atoms with Crippen LogP contribution in [0, 0.1) is 0 Å². The predicted octanol–water partition coefficient (Wildman–Crippen LogP) is 0.984. The van der Waals surface area contributed by atoms with Gasteiger partial charge in [-0.05, 0) is 24.4 Å².